The number of hydrazine groups is 1. The summed E-state index contributed by atoms with van der Waals surface area (Å²) >= 11 is 0. The molecule has 1 aromatic rings. The maximum atomic E-state index is 13.0. The number of alkyl carbamates (subject to hydrolysis) is 1. The maximum Gasteiger partial charge on any atom is 0.406 e. The Morgan fingerprint density at radius 3 is 2.56 bits per heavy atom. The van der Waals surface area contributed by atoms with Gasteiger partial charge in [-0.25, -0.2) is 20.0 Å². The van der Waals surface area contributed by atoms with E-state index in [1.165, 1.54) is 13.3 Å². The van der Waals surface area contributed by atoms with E-state index in [2.05, 4.69) is 46.2 Å². The predicted octanol–water partition coefficient (Wildman–Crippen LogP) is 3.45. The molecule has 0 unspecified atom stereocenters. The zero-order valence-electron chi connectivity index (χ0n) is 19.8. The third-order valence-corrected chi connectivity index (χ3v) is 4.67. The van der Waals surface area contributed by atoms with E-state index in [1.807, 2.05) is 11.0 Å². The lowest BCUT2D eigenvalue weighted by Gasteiger charge is -2.30. The lowest BCUT2D eigenvalue weighted by atomic mass is 10.2. The van der Waals surface area contributed by atoms with E-state index in [0.29, 0.717) is 32.0 Å². The molecule has 0 aliphatic carbocycles. The quantitative estimate of drug-likeness (QED) is 0.331. The molecule has 178 valence electrons. The number of nitrogens with zero attached hydrogens (tertiary/aromatic N) is 5. The van der Waals surface area contributed by atoms with E-state index in [4.69, 9.17) is 5.26 Å². The Hall–Kier alpha value is -3.09. The van der Waals surface area contributed by atoms with Crippen molar-refractivity contribution in [2.24, 2.45) is 5.92 Å². The SMILES string of the molecule is CCCCN(CCCCCCNC(=O)OC)C(=O)NN(CC(C)C)c1ccnc(C#N)n1. The minimum Gasteiger partial charge on any atom is -0.453 e. The van der Waals surface area contributed by atoms with E-state index in [0.717, 1.165) is 38.5 Å². The number of carbonyl (C=O) groups is 2. The predicted molar refractivity (Wildman–Crippen MR) is 123 cm³/mol. The van der Waals surface area contributed by atoms with Gasteiger partial charge < -0.3 is 15.0 Å². The third kappa shape index (κ3) is 10.8. The number of unbranched alkanes of at least 4 members (excludes halogenated alkanes) is 4. The first kappa shape index (κ1) is 26.9. The van der Waals surface area contributed by atoms with E-state index >= 15 is 0 Å². The minimum atomic E-state index is -0.413. The first-order valence-electron chi connectivity index (χ1n) is 11.3. The topological polar surface area (TPSA) is 123 Å². The van der Waals surface area contributed by atoms with Crippen LogP contribution in [0.3, 0.4) is 0 Å². The number of hydrogen-bond donors (Lipinski definition) is 2. The van der Waals surface area contributed by atoms with Crippen LogP contribution in [-0.4, -0.2) is 60.3 Å². The van der Waals surface area contributed by atoms with Crippen molar-refractivity contribution in [3.8, 4) is 6.07 Å². The van der Waals surface area contributed by atoms with Crippen LogP contribution in [0.25, 0.3) is 0 Å². The van der Waals surface area contributed by atoms with Gasteiger partial charge in [-0.05, 0) is 25.2 Å². The average molecular weight is 448 g/mol. The van der Waals surface area contributed by atoms with Crippen molar-refractivity contribution in [3.63, 3.8) is 0 Å². The number of rotatable bonds is 14. The highest BCUT2D eigenvalue weighted by atomic mass is 16.5. The monoisotopic (exact) mass is 447 g/mol. The van der Waals surface area contributed by atoms with Crippen LogP contribution in [0.5, 0.6) is 0 Å². The minimum absolute atomic E-state index is 0.0648. The number of aromatic nitrogens is 2. The molecule has 0 aliphatic rings. The fraction of sp³-hybridized carbons (Fsp3) is 0.682. The van der Waals surface area contributed by atoms with Crippen molar-refractivity contribution in [1.82, 2.24) is 25.6 Å². The van der Waals surface area contributed by atoms with Gasteiger partial charge >= 0.3 is 12.1 Å². The van der Waals surface area contributed by atoms with Crippen molar-refractivity contribution in [2.45, 2.75) is 59.3 Å². The Kier molecular flexibility index (Phi) is 13.2. The molecule has 0 spiro atoms. The van der Waals surface area contributed by atoms with Gasteiger partial charge in [0, 0.05) is 38.4 Å². The number of nitrogens with one attached hydrogen (secondary N) is 2. The summed E-state index contributed by atoms with van der Waals surface area (Å²) in [5.74, 6) is 0.834. The number of methoxy groups -OCH3 is 1. The second kappa shape index (κ2) is 15.7. The zero-order chi connectivity index (χ0) is 23.8. The van der Waals surface area contributed by atoms with Gasteiger partial charge in [0.15, 0.2) is 5.82 Å². The summed E-state index contributed by atoms with van der Waals surface area (Å²) in [6.07, 6.45) is 6.70. The molecule has 0 saturated heterocycles. The van der Waals surface area contributed by atoms with Gasteiger partial charge in [-0.3, -0.25) is 5.01 Å². The number of ether oxygens (including phenoxy) is 1. The molecule has 10 heteroatoms. The Morgan fingerprint density at radius 2 is 1.91 bits per heavy atom. The van der Waals surface area contributed by atoms with Crippen LogP contribution >= 0.6 is 0 Å². The third-order valence-electron chi connectivity index (χ3n) is 4.67. The van der Waals surface area contributed by atoms with Crippen LogP contribution in [0.15, 0.2) is 12.3 Å². The second-order valence-corrected chi connectivity index (χ2v) is 7.94. The summed E-state index contributed by atoms with van der Waals surface area (Å²) in [4.78, 5) is 34.1. The van der Waals surface area contributed by atoms with Crippen molar-refractivity contribution in [2.75, 3.05) is 38.3 Å². The summed E-state index contributed by atoms with van der Waals surface area (Å²) in [6.45, 7) is 8.67. The molecule has 0 fully saturated rings. The van der Waals surface area contributed by atoms with Gasteiger partial charge in [0.05, 0.1) is 7.11 Å². The van der Waals surface area contributed by atoms with Crippen molar-refractivity contribution in [1.29, 1.82) is 5.26 Å². The molecule has 32 heavy (non-hydrogen) atoms. The highest BCUT2D eigenvalue weighted by molar-refractivity contribution is 5.76. The molecular weight excluding hydrogens is 410 g/mol. The molecule has 0 aliphatic heterocycles. The van der Waals surface area contributed by atoms with Gasteiger partial charge in [0.2, 0.25) is 5.82 Å². The first-order chi connectivity index (χ1) is 15.4. The van der Waals surface area contributed by atoms with E-state index in [-0.39, 0.29) is 17.8 Å². The number of urea groups is 1. The maximum absolute atomic E-state index is 13.0. The van der Waals surface area contributed by atoms with Crippen LogP contribution in [0.2, 0.25) is 0 Å². The lowest BCUT2D eigenvalue weighted by Crippen LogP contribution is -2.51. The van der Waals surface area contributed by atoms with Crippen LogP contribution in [0.4, 0.5) is 15.4 Å². The summed E-state index contributed by atoms with van der Waals surface area (Å²) in [5.41, 5.74) is 2.96. The molecule has 0 bridgehead atoms. The molecule has 1 aromatic heterocycles. The summed E-state index contributed by atoms with van der Waals surface area (Å²) in [6, 6.07) is 3.44. The number of amides is 3. The Labute approximate surface area is 191 Å². The van der Waals surface area contributed by atoms with Crippen LogP contribution in [-0.2, 0) is 4.74 Å². The Morgan fingerprint density at radius 1 is 1.19 bits per heavy atom. The summed E-state index contributed by atoms with van der Waals surface area (Å²) in [7, 11) is 1.35. The standard InChI is InChI=1S/C22H37N7O3/c1-5-6-14-28(15-10-8-7-9-12-25-22(31)32-4)21(30)27-29(17-18(2)3)20-11-13-24-19(16-23)26-20/h11,13,18H,5-10,12,14-15,17H2,1-4H3,(H,25,31)(H,27,30). The van der Waals surface area contributed by atoms with Crippen molar-refractivity contribution >= 4 is 17.9 Å². The van der Waals surface area contributed by atoms with Gasteiger partial charge in [-0.2, -0.15) is 10.2 Å². The van der Waals surface area contributed by atoms with Gasteiger partial charge in [0.1, 0.15) is 6.07 Å². The largest absolute Gasteiger partial charge is 0.453 e. The fourth-order valence-electron chi connectivity index (χ4n) is 3.01. The second-order valence-electron chi connectivity index (χ2n) is 7.94. The molecule has 3 amide bonds. The number of carbonyl (C=O) groups excluding carboxylic acids is 2. The Bertz CT molecular complexity index is 736. The molecule has 10 nitrogen and oxygen atoms in total. The molecule has 0 radical (unpaired) electrons. The summed E-state index contributed by atoms with van der Waals surface area (Å²) in [5, 5.41) is 13.4. The van der Waals surface area contributed by atoms with Crippen LogP contribution in [0.1, 0.15) is 65.1 Å². The lowest BCUT2D eigenvalue weighted by molar-refractivity contribution is 0.170. The number of anilines is 1. The normalized spacial score (nSPS) is 10.4. The highest BCUT2D eigenvalue weighted by Gasteiger charge is 2.18. The molecule has 0 aromatic carbocycles. The van der Waals surface area contributed by atoms with Gasteiger partial charge in [-0.15, -0.1) is 0 Å². The molecule has 1 rings (SSSR count). The van der Waals surface area contributed by atoms with Gasteiger partial charge in [-0.1, -0.05) is 40.0 Å². The van der Waals surface area contributed by atoms with Crippen LogP contribution in [0, 0.1) is 17.2 Å². The smallest absolute Gasteiger partial charge is 0.406 e. The van der Waals surface area contributed by atoms with E-state index in [9.17, 15) is 9.59 Å². The summed E-state index contributed by atoms with van der Waals surface area (Å²) < 4.78 is 4.54. The highest BCUT2D eigenvalue weighted by Crippen LogP contribution is 2.11. The van der Waals surface area contributed by atoms with E-state index < -0.39 is 6.09 Å². The fourth-order valence-corrected chi connectivity index (χ4v) is 3.01. The molecule has 0 atom stereocenters. The van der Waals surface area contributed by atoms with Crippen molar-refractivity contribution in [3.05, 3.63) is 18.1 Å². The van der Waals surface area contributed by atoms with Crippen LogP contribution < -0.4 is 15.8 Å². The number of nitriles is 1. The molecule has 2 N–H and O–H groups in total. The van der Waals surface area contributed by atoms with E-state index in [1.54, 1.807) is 11.1 Å². The van der Waals surface area contributed by atoms with Crippen molar-refractivity contribution < 1.29 is 14.3 Å². The average Bonchev–Trinajstić information content (AvgIpc) is 2.79. The zero-order valence-corrected chi connectivity index (χ0v) is 19.8. The first-order valence-corrected chi connectivity index (χ1v) is 11.3. The molecule has 0 saturated carbocycles. The molecular formula is C22H37N7O3. The number of hydrogen-bond acceptors (Lipinski definition) is 7. The van der Waals surface area contributed by atoms with Gasteiger partial charge in [0.25, 0.3) is 0 Å². The Balaban J connectivity index is 2.64. The molecule has 1 heterocycles.